The molecule has 41 heavy (non-hydrogen) atoms. The number of carbonyl (C=O) groups is 2. The van der Waals surface area contributed by atoms with Gasteiger partial charge in [0.25, 0.3) is 10.0 Å². The molecule has 0 unspecified atom stereocenters. The van der Waals surface area contributed by atoms with Gasteiger partial charge in [0.2, 0.25) is 0 Å². The first-order chi connectivity index (χ1) is 19.1. The molecule has 0 spiro atoms. The standard InChI is InChI=1S/C25H34N4O4S.C2HF3O2/c1-17-13-19(3)23(14-18(17)2)34(32,33)27-20-15-22(25(30)31)24(26-16-20)29-11-7-21(8-12-29)28-9-5-4-6-10-28;3-2(4,5)1(6)7/h13-16,21,27H,4-12H2,1-3H3,(H,30,31);(H,6,7). The van der Waals surface area contributed by atoms with Crippen molar-refractivity contribution in [3.8, 4) is 0 Å². The van der Waals surface area contributed by atoms with E-state index in [1.807, 2.05) is 24.8 Å². The summed E-state index contributed by atoms with van der Waals surface area (Å²) in [6.07, 6.45) is 2.09. The van der Waals surface area contributed by atoms with Gasteiger partial charge in [0.05, 0.1) is 16.8 Å². The first kappa shape index (κ1) is 32.1. The van der Waals surface area contributed by atoms with Crippen molar-refractivity contribution >= 4 is 33.5 Å². The minimum absolute atomic E-state index is 0.00781. The van der Waals surface area contributed by atoms with Crippen molar-refractivity contribution in [1.29, 1.82) is 0 Å². The van der Waals surface area contributed by atoms with Gasteiger partial charge in [-0.25, -0.2) is 23.0 Å². The van der Waals surface area contributed by atoms with Crippen LogP contribution >= 0.6 is 0 Å². The molecule has 3 N–H and O–H groups in total. The lowest BCUT2D eigenvalue weighted by Gasteiger charge is -2.40. The first-order valence-corrected chi connectivity index (χ1v) is 14.7. The third kappa shape index (κ3) is 8.32. The van der Waals surface area contributed by atoms with Crippen molar-refractivity contribution in [2.75, 3.05) is 35.8 Å². The SMILES string of the molecule is Cc1cc(C)c(S(=O)(=O)Nc2cnc(N3CCC(N4CCCCC4)CC3)c(C(=O)O)c2)cc1C.O=C(O)C(F)(F)F. The molecule has 2 aromatic rings. The quantitative estimate of drug-likeness (QED) is 0.434. The van der Waals surface area contributed by atoms with E-state index in [0.717, 1.165) is 50.1 Å². The molecule has 0 amide bonds. The second kappa shape index (κ2) is 13.1. The van der Waals surface area contributed by atoms with Gasteiger partial charge in [-0.1, -0.05) is 12.5 Å². The number of hydrogen-bond donors (Lipinski definition) is 3. The molecule has 14 heteroatoms. The number of hydrogen-bond acceptors (Lipinski definition) is 7. The number of aromatic carboxylic acids is 1. The third-order valence-electron chi connectivity index (χ3n) is 7.34. The van der Waals surface area contributed by atoms with E-state index >= 15 is 0 Å². The summed E-state index contributed by atoms with van der Waals surface area (Å²) in [6.45, 7) is 9.32. The molecule has 2 aliphatic heterocycles. The number of aliphatic carboxylic acids is 1. The molecule has 0 bridgehead atoms. The Hall–Kier alpha value is -3.39. The Morgan fingerprint density at radius 1 is 0.927 bits per heavy atom. The molecule has 0 radical (unpaired) electrons. The second-order valence-corrected chi connectivity index (χ2v) is 12.0. The summed E-state index contributed by atoms with van der Waals surface area (Å²) in [6, 6.07) is 5.38. The van der Waals surface area contributed by atoms with Crippen LogP contribution in [0.3, 0.4) is 0 Å². The first-order valence-electron chi connectivity index (χ1n) is 13.2. The zero-order valence-electron chi connectivity index (χ0n) is 23.2. The van der Waals surface area contributed by atoms with Gasteiger partial charge in [-0.3, -0.25) is 4.72 Å². The maximum absolute atomic E-state index is 13.0. The van der Waals surface area contributed by atoms with Crippen molar-refractivity contribution in [3.63, 3.8) is 0 Å². The van der Waals surface area contributed by atoms with Crippen molar-refractivity contribution in [2.45, 2.75) is 70.0 Å². The summed E-state index contributed by atoms with van der Waals surface area (Å²) in [5, 5.41) is 17.0. The van der Waals surface area contributed by atoms with Crippen LogP contribution in [0.1, 0.15) is 59.2 Å². The molecule has 226 valence electrons. The largest absolute Gasteiger partial charge is 0.490 e. The molecule has 0 aliphatic carbocycles. The van der Waals surface area contributed by atoms with Gasteiger partial charge in [0.1, 0.15) is 11.4 Å². The van der Waals surface area contributed by atoms with Crippen LogP contribution in [-0.4, -0.2) is 78.9 Å². The van der Waals surface area contributed by atoms with Crippen LogP contribution in [-0.2, 0) is 14.8 Å². The topological polar surface area (TPSA) is 140 Å². The Labute approximate surface area is 237 Å². The van der Waals surface area contributed by atoms with Crippen molar-refractivity contribution in [2.24, 2.45) is 0 Å². The van der Waals surface area contributed by atoms with Gasteiger partial charge in [-0.2, -0.15) is 13.2 Å². The van der Waals surface area contributed by atoms with E-state index in [4.69, 9.17) is 9.90 Å². The molecule has 2 fully saturated rings. The van der Waals surface area contributed by atoms with Gasteiger partial charge >= 0.3 is 18.1 Å². The molecule has 2 saturated heterocycles. The number of pyridine rings is 1. The number of nitrogens with zero attached hydrogens (tertiary/aromatic N) is 3. The Kier molecular flexibility index (Phi) is 10.2. The van der Waals surface area contributed by atoms with E-state index in [9.17, 15) is 31.5 Å². The maximum Gasteiger partial charge on any atom is 0.490 e. The number of anilines is 2. The molecule has 2 aliphatic rings. The highest BCUT2D eigenvalue weighted by atomic mass is 32.2. The van der Waals surface area contributed by atoms with Gasteiger partial charge in [0.15, 0.2) is 0 Å². The number of piperidine rings is 2. The number of aryl methyl sites for hydroxylation is 3. The number of rotatable bonds is 6. The third-order valence-corrected chi connectivity index (χ3v) is 8.87. The minimum atomic E-state index is -5.08. The normalized spacial score (nSPS) is 17.0. The minimum Gasteiger partial charge on any atom is -0.478 e. The Balaban J connectivity index is 0.000000587. The van der Waals surface area contributed by atoms with Crippen LogP contribution in [0.5, 0.6) is 0 Å². The van der Waals surface area contributed by atoms with E-state index in [1.54, 1.807) is 13.0 Å². The summed E-state index contributed by atoms with van der Waals surface area (Å²) in [7, 11) is -3.89. The zero-order valence-corrected chi connectivity index (χ0v) is 24.0. The van der Waals surface area contributed by atoms with Crippen molar-refractivity contribution in [1.82, 2.24) is 9.88 Å². The van der Waals surface area contributed by atoms with Crippen LogP contribution in [0.15, 0.2) is 29.3 Å². The van der Waals surface area contributed by atoms with Crippen LogP contribution < -0.4 is 9.62 Å². The zero-order chi connectivity index (χ0) is 30.5. The molecular weight excluding hydrogens is 565 g/mol. The van der Waals surface area contributed by atoms with Gasteiger partial charge in [-0.05, 0) is 88.4 Å². The van der Waals surface area contributed by atoms with Crippen LogP contribution in [0.25, 0.3) is 0 Å². The fourth-order valence-electron chi connectivity index (χ4n) is 5.08. The number of aromatic nitrogens is 1. The summed E-state index contributed by atoms with van der Waals surface area (Å²) in [5.74, 6) is -3.48. The predicted octanol–water partition coefficient (Wildman–Crippen LogP) is 4.59. The lowest BCUT2D eigenvalue weighted by molar-refractivity contribution is -0.192. The summed E-state index contributed by atoms with van der Waals surface area (Å²) >= 11 is 0. The molecule has 3 heterocycles. The highest BCUT2D eigenvalue weighted by Crippen LogP contribution is 2.29. The van der Waals surface area contributed by atoms with Gasteiger partial charge < -0.3 is 20.0 Å². The lowest BCUT2D eigenvalue weighted by Crippen LogP contribution is -2.47. The lowest BCUT2D eigenvalue weighted by atomic mass is 9.99. The summed E-state index contributed by atoms with van der Waals surface area (Å²) in [5.41, 5.74) is 2.67. The van der Waals surface area contributed by atoms with Crippen LogP contribution in [0.4, 0.5) is 24.7 Å². The number of carboxylic acid groups (broad SMARTS) is 2. The fourth-order valence-corrected chi connectivity index (χ4v) is 6.43. The maximum atomic E-state index is 13.0. The number of halogens is 3. The van der Waals surface area contributed by atoms with E-state index in [-0.39, 0.29) is 16.1 Å². The summed E-state index contributed by atoms with van der Waals surface area (Å²) in [4.78, 5) is 30.1. The van der Waals surface area contributed by atoms with Gasteiger partial charge in [0, 0.05) is 19.1 Å². The molecule has 4 rings (SSSR count). The second-order valence-electron chi connectivity index (χ2n) is 10.3. The molecule has 1 aromatic heterocycles. The average molecular weight is 601 g/mol. The number of benzene rings is 1. The number of carboxylic acids is 2. The molecular formula is C27H35F3N4O6S. The predicted molar refractivity (Wildman–Crippen MR) is 147 cm³/mol. The molecule has 0 saturated carbocycles. The van der Waals surface area contributed by atoms with E-state index < -0.39 is 28.1 Å². The van der Waals surface area contributed by atoms with Crippen molar-refractivity contribution < 1.29 is 41.4 Å². The smallest absolute Gasteiger partial charge is 0.478 e. The Bertz CT molecular complexity index is 1370. The number of likely N-dealkylation sites (tertiary alicyclic amines) is 1. The van der Waals surface area contributed by atoms with E-state index in [2.05, 4.69) is 14.6 Å². The summed E-state index contributed by atoms with van der Waals surface area (Å²) < 4.78 is 60.3. The molecule has 1 aromatic carbocycles. The monoisotopic (exact) mass is 600 g/mol. The van der Waals surface area contributed by atoms with Crippen LogP contribution in [0, 0.1) is 20.8 Å². The number of nitrogens with one attached hydrogen (secondary N) is 1. The highest BCUT2D eigenvalue weighted by molar-refractivity contribution is 7.92. The Morgan fingerprint density at radius 2 is 1.49 bits per heavy atom. The Morgan fingerprint density at radius 3 is 2.02 bits per heavy atom. The van der Waals surface area contributed by atoms with Crippen molar-refractivity contribution in [3.05, 3.63) is 46.6 Å². The number of sulfonamides is 1. The van der Waals surface area contributed by atoms with Crippen LogP contribution in [0.2, 0.25) is 0 Å². The molecule has 10 nitrogen and oxygen atoms in total. The van der Waals surface area contributed by atoms with E-state index in [0.29, 0.717) is 17.4 Å². The van der Waals surface area contributed by atoms with E-state index in [1.165, 1.54) is 31.5 Å². The van der Waals surface area contributed by atoms with Gasteiger partial charge in [-0.15, -0.1) is 0 Å². The average Bonchev–Trinajstić information content (AvgIpc) is 2.91. The fraction of sp³-hybridized carbons (Fsp3) is 0.519. The number of alkyl halides is 3. The highest BCUT2D eigenvalue weighted by Gasteiger charge is 2.38. The molecule has 0 atom stereocenters.